The van der Waals surface area contributed by atoms with E-state index in [4.69, 9.17) is 20.8 Å². The van der Waals surface area contributed by atoms with Crippen LogP contribution in [0, 0.1) is 0 Å². The molecule has 1 aromatic heterocycles. The average Bonchev–Trinajstić information content (AvgIpc) is 2.81. The highest BCUT2D eigenvalue weighted by Gasteiger charge is 2.07. The highest BCUT2D eigenvalue weighted by Crippen LogP contribution is 2.19. The maximum atomic E-state index is 5.91. The molecule has 0 aliphatic carbocycles. The molecule has 2 aromatic rings. The summed E-state index contributed by atoms with van der Waals surface area (Å²) in [6.07, 6.45) is 1.69. The summed E-state index contributed by atoms with van der Waals surface area (Å²) >= 11 is 5.91. The molecule has 0 aliphatic heterocycles. The fourth-order valence-electron chi connectivity index (χ4n) is 1.67. The maximum absolute atomic E-state index is 5.91. The molecule has 0 radical (unpaired) electrons. The van der Waals surface area contributed by atoms with Gasteiger partial charge in [0.2, 0.25) is 0 Å². The summed E-state index contributed by atoms with van der Waals surface area (Å²) in [6, 6.07) is 9.75. The van der Waals surface area contributed by atoms with Crippen molar-refractivity contribution >= 4 is 11.6 Å². The molecule has 19 heavy (non-hydrogen) atoms. The Kier molecular flexibility index (Phi) is 4.88. The number of nitrogens with one attached hydrogen (secondary N) is 1. The predicted molar refractivity (Wildman–Crippen MR) is 76.5 cm³/mol. The SMILES string of the molecule is CC(C)NCc1ccoc1COc1cccc(Cl)c1. The standard InChI is InChI=1S/C15H18ClNO2/c1-11(2)17-9-12-6-7-18-15(12)10-19-14-5-3-4-13(16)8-14/h3-8,11,17H,9-10H2,1-2H3. The van der Waals surface area contributed by atoms with E-state index >= 15 is 0 Å². The van der Waals surface area contributed by atoms with E-state index in [0.29, 0.717) is 17.7 Å². The Morgan fingerprint density at radius 2 is 2.16 bits per heavy atom. The van der Waals surface area contributed by atoms with Crippen molar-refractivity contribution in [2.45, 2.75) is 33.0 Å². The first kappa shape index (κ1) is 14.0. The lowest BCUT2D eigenvalue weighted by Gasteiger charge is -2.09. The van der Waals surface area contributed by atoms with E-state index in [2.05, 4.69) is 19.2 Å². The van der Waals surface area contributed by atoms with Crippen LogP contribution in [0.1, 0.15) is 25.2 Å². The number of hydrogen-bond acceptors (Lipinski definition) is 3. The molecule has 102 valence electrons. The Labute approximate surface area is 118 Å². The zero-order valence-corrected chi connectivity index (χ0v) is 11.9. The number of furan rings is 1. The third-order valence-corrected chi connectivity index (χ3v) is 2.94. The van der Waals surface area contributed by atoms with Gasteiger partial charge in [0, 0.05) is 23.2 Å². The average molecular weight is 280 g/mol. The van der Waals surface area contributed by atoms with Crippen molar-refractivity contribution in [2.24, 2.45) is 0 Å². The maximum Gasteiger partial charge on any atom is 0.146 e. The first-order valence-electron chi connectivity index (χ1n) is 6.32. The molecular formula is C15H18ClNO2. The highest BCUT2D eigenvalue weighted by atomic mass is 35.5. The van der Waals surface area contributed by atoms with Crippen LogP contribution in [0.15, 0.2) is 41.0 Å². The van der Waals surface area contributed by atoms with Gasteiger partial charge in [0.05, 0.1) is 6.26 Å². The minimum Gasteiger partial charge on any atom is -0.486 e. The zero-order chi connectivity index (χ0) is 13.7. The molecule has 0 aliphatic rings. The fourth-order valence-corrected chi connectivity index (χ4v) is 1.85. The van der Waals surface area contributed by atoms with Gasteiger partial charge >= 0.3 is 0 Å². The van der Waals surface area contributed by atoms with Gasteiger partial charge in [0.1, 0.15) is 18.1 Å². The summed E-state index contributed by atoms with van der Waals surface area (Å²) in [6.45, 7) is 5.41. The van der Waals surface area contributed by atoms with Crippen LogP contribution in [0.5, 0.6) is 5.75 Å². The summed E-state index contributed by atoms with van der Waals surface area (Å²) in [5, 5.41) is 4.02. The first-order chi connectivity index (χ1) is 9.15. The molecule has 0 atom stereocenters. The molecule has 1 aromatic carbocycles. The van der Waals surface area contributed by atoms with Gasteiger partial charge in [-0.25, -0.2) is 0 Å². The summed E-state index contributed by atoms with van der Waals surface area (Å²) in [7, 11) is 0. The van der Waals surface area contributed by atoms with E-state index in [1.807, 2.05) is 24.3 Å². The monoisotopic (exact) mass is 279 g/mol. The van der Waals surface area contributed by atoms with Crippen LogP contribution in [0.2, 0.25) is 5.02 Å². The van der Waals surface area contributed by atoms with Gasteiger partial charge in [0.25, 0.3) is 0 Å². The summed E-state index contributed by atoms with van der Waals surface area (Å²) < 4.78 is 11.1. The van der Waals surface area contributed by atoms with Crippen molar-refractivity contribution in [2.75, 3.05) is 0 Å². The third-order valence-electron chi connectivity index (χ3n) is 2.70. The quantitative estimate of drug-likeness (QED) is 0.867. The molecule has 4 heteroatoms. The zero-order valence-electron chi connectivity index (χ0n) is 11.2. The van der Waals surface area contributed by atoms with Gasteiger partial charge in [0.15, 0.2) is 0 Å². The Morgan fingerprint density at radius 1 is 1.32 bits per heavy atom. The van der Waals surface area contributed by atoms with E-state index in [-0.39, 0.29) is 0 Å². The van der Waals surface area contributed by atoms with Crippen LogP contribution in [0.4, 0.5) is 0 Å². The molecular weight excluding hydrogens is 262 g/mol. The lowest BCUT2D eigenvalue weighted by molar-refractivity contribution is 0.268. The third kappa shape index (κ3) is 4.30. The van der Waals surface area contributed by atoms with Gasteiger partial charge in [-0.15, -0.1) is 0 Å². The van der Waals surface area contributed by atoms with Crippen molar-refractivity contribution in [1.29, 1.82) is 0 Å². The van der Waals surface area contributed by atoms with Crippen LogP contribution in [0.3, 0.4) is 0 Å². The molecule has 1 N–H and O–H groups in total. The second-order valence-electron chi connectivity index (χ2n) is 4.65. The molecule has 0 saturated heterocycles. The van der Waals surface area contributed by atoms with Crippen LogP contribution >= 0.6 is 11.6 Å². The minimum absolute atomic E-state index is 0.405. The predicted octanol–water partition coefficient (Wildman–Crippen LogP) is 4.01. The van der Waals surface area contributed by atoms with E-state index in [1.54, 1.807) is 12.3 Å². The minimum atomic E-state index is 0.405. The van der Waals surface area contributed by atoms with Crippen LogP contribution < -0.4 is 10.1 Å². The lowest BCUT2D eigenvalue weighted by Crippen LogP contribution is -2.22. The normalized spacial score (nSPS) is 10.9. The molecule has 1 heterocycles. The molecule has 0 spiro atoms. The van der Waals surface area contributed by atoms with Crippen molar-refractivity contribution < 1.29 is 9.15 Å². The number of benzene rings is 1. The first-order valence-corrected chi connectivity index (χ1v) is 6.70. The molecule has 0 saturated carbocycles. The van der Waals surface area contributed by atoms with E-state index in [1.165, 1.54) is 0 Å². The Balaban J connectivity index is 1.94. The topological polar surface area (TPSA) is 34.4 Å². The summed E-state index contributed by atoms with van der Waals surface area (Å²) in [5.74, 6) is 1.58. The second kappa shape index (κ2) is 6.64. The summed E-state index contributed by atoms with van der Waals surface area (Å²) in [4.78, 5) is 0. The lowest BCUT2D eigenvalue weighted by atomic mass is 10.2. The molecule has 3 nitrogen and oxygen atoms in total. The molecule has 0 unspecified atom stereocenters. The van der Waals surface area contributed by atoms with E-state index < -0.39 is 0 Å². The Bertz CT molecular complexity index is 522. The second-order valence-corrected chi connectivity index (χ2v) is 5.09. The molecule has 0 amide bonds. The van der Waals surface area contributed by atoms with Gasteiger partial charge in [-0.3, -0.25) is 0 Å². The van der Waals surface area contributed by atoms with Gasteiger partial charge < -0.3 is 14.5 Å². The molecule has 0 fully saturated rings. The fraction of sp³-hybridized carbons (Fsp3) is 0.333. The van der Waals surface area contributed by atoms with Gasteiger partial charge in [-0.2, -0.15) is 0 Å². The number of hydrogen-bond donors (Lipinski definition) is 1. The van der Waals surface area contributed by atoms with Gasteiger partial charge in [-0.05, 0) is 24.3 Å². The van der Waals surface area contributed by atoms with Crippen molar-refractivity contribution in [3.63, 3.8) is 0 Å². The van der Waals surface area contributed by atoms with Gasteiger partial charge in [-0.1, -0.05) is 31.5 Å². The molecule has 2 rings (SSSR count). The highest BCUT2D eigenvalue weighted by molar-refractivity contribution is 6.30. The van der Waals surface area contributed by atoms with Crippen molar-refractivity contribution in [3.8, 4) is 5.75 Å². The van der Waals surface area contributed by atoms with E-state index in [0.717, 1.165) is 23.6 Å². The van der Waals surface area contributed by atoms with E-state index in [9.17, 15) is 0 Å². The largest absolute Gasteiger partial charge is 0.486 e. The molecule has 0 bridgehead atoms. The van der Waals surface area contributed by atoms with Crippen molar-refractivity contribution in [1.82, 2.24) is 5.32 Å². The van der Waals surface area contributed by atoms with Crippen LogP contribution in [-0.2, 0) is 13.2 Å². The van der Waals surface area contributed by atoms with Crippen molar-refractivity contribution in [3.05, 3.63) is 52.9 Å². The Hall–Kier alpha value is -1.45. The van der Waals surface area contributed by atoms with Crippen LogP contribution in [-0.4, -0.2) is 6.04 Å². The summed E-state index contributed by atoms with van der Waals surface area (Å²) in [5.41, 5.74) is 1.12. The Morgan fingerprint density at radius 3 is 2.89 bits per heavy atom. The number of ether oxygens (including phenoxy) is 1. The number of rotatable bonds is 6. The van der Waals surface area contributed by atoms with Crippen LogP contribution in [0.25, 0.3) is 0 Å². The smallest absolute Gasteiger partial charge is 0.146 e. The number of halogens is 1.